The Bertz CT molecular complexity index is 1830. The first-order valence-electron chi connectivity index (χ1n) is 33.5. The summed E-state index contributed by atoms with van der Waals surface area (Å²) in [6, 6.07) is 0. The van der Waals surface area contributed by atoms with E-state index in [0.29, 0.717) is 19.3 Å². The van der Waals surface area contributed by atoms with Crippen LogP contribution in [0.1, 0.15) is 284 Å². The number of hydrogen-bond donors (Lipinski definition) is 0. The summed E-state index contributed by atoms with van der Waals surface area (Å²) < 4.78 is 16.9. The minimum atomic E-state index is -0.833. The third-order valence-electron chi connectivity index (χ3n) is 13.8. The van der Waals surface area contributed by atoms with Gasteiger partial charge in [0.2, 0.25) is 0 Å². The highest BCUT2D eigenvalue weighted by Crippen LogP contribution is 2.16. The quantitative estimate of drug-likeness (QED) is 0.0261. The van der Waals surface area contributed by atoms with Crippen molar-refractivity contribution in [3.63, 3.8) is 0 Å². The van der Waals surface area contributed by atoms with E-state index in [2.05, 4.69) is 179 Å². The first-order valence-corrected chi connectivity index (χ1v) is 33.5. The predicted octanol–water partition coefficient (Wildman–Crippen LogP) is 23.3. The van der Waals surface area contributed by atoms with Crippen molar-refractivity contribution in [1.29, 1.82) is 0 Å². The average Bonchev–Trinajstić information content (AvgIpc) is 3.47. The van der Waals surface area contributed by atoms with Crippen LogP contribution in [0.2, 0.25) is 0 Å². The van der Waals surface area contributed by atoms with Gasteiger partial charge in [0, 0.05) is 19.3 Å². The zero-order valence-electron chi connectivity index (χ0n) is 52.9. The number of carbonyl (C=O) groups is 3. The van der Waals surface area contributed by atoms with Crippen molar-refractivity contribution < 1.29 is 28.6 Å². The van der Waals surface area contributed by atoms with Crippen LogP contribution in [-0.4, -0.2) is 37.2 Å². The summed E-state index contributed by atoms with van der Waals surface area (Å²) >= 11 is 0. The van der Waals surface area contributed by atoms with Crippen LogP contribution in [0, 0.1) is 0 Å². The van der Waals surface area contributed by atoms with Gasteiger partial charge < -0.3 is 14.2 Å². The molecular weight excluding hydrogens is 1010 g/mol. The van der Waals surface area contributed by atoms with E-state index >= 15 is 0 Å². The van der Waals surface area contributed by atoms with Crippen molar-refractivity contribution in [2.24, 2.45) is 0 Å². The molecule has 1 unspecified atom stereocenters. The van der Waals surface area contributed by atoms with Crippen LogP contribution in [-0.2, 0) is 28.6 Å². The number of ether oxygens (including phenoxy) is 3. The van der Waals surface area contributed by atoms with E-state index in [1.54, 1.807) is 0 Å². The molecule has 462 valence electrons. The molecule has 0 saturated heterocycles. The molecule has 1 atom stereocenters. The summed E-state index contributed by atoms with van der Waals surface area (Å²) in [5.41, 5.74) is 0. The molecule has 0 aliphatic rings. The molecule has 0 fully saturated rings. The SMILES string of the molecule is CC/C=C\C/C=C\C/C=C\C/C=C\C/C=C\C/C=C\C/C=C\CCCC(=O)OCC(COC(=O)CCCCCCCCCCCCCCCCCCCCCC)OC(=O)CCCC/C=C\C/C=C\C/C=C\C/C=C\C/C=C\C/C=C\CC. The Balaban J connectivity index is 4.57. The molecule has 0 heterocycles. The lowest BCUT2D eigenvalue weighted by molar-refractivity contribution is -0.167. The van der Waals surface area contributed by atoms with Crippen molar-refractivity contribution in [3.05, 3.63) is 158 Å². The standard InChI is InChI=1S/C76H122O6/c1-4-7-10-13-16-19-22-25-28-31-34-37-38-40-42-45-48-51-54-57-60-63-66-69-75(78)81-72-73(71-80-74(77)68-65-62-59-56-53-50-47-44-41-36-33-30-27-24-21-18-15-12-9-6-3)82-76(79)70-67-64-61-58-55-52-49-46-43-39-35-32-29-26-23-20-17-14-11-8-5-2/h7-8,10-11,16-17,19-20,25-26,28-29,34-35,37,39-40,42,46,48-49,51,55,57-58,60,73H,4-6,9,12-15,18,21-24,27,30-33,36,38,41,43-45,47,50,52-54,56,59,61-72H2,1-3H3/b10-7-,11-8-,19-16-,20-17-,28-25-,29-26-,37-34-,39-35-,42-40-,49-46-,51-48-,58-55-,60-57-. The van der Waals surface area contributed by atoms with Gasteiger partial charge in [0.15, 0.2) is 6.10 Å². The van der Waals surface area contributed by atoms with Crippen LogP contribution in [0.5, 0.6) is 0 Å². The van der Waals surface area contributed by atoms with Gasteiger partial charge in [-0.15, -0.1) is 0 Å². The van der Waals surface area contributed by atoms with Gasteiger partial charge in [-0.25, -0.2) is 0 Å². The molecule has 0 aromatic heterocycles. The number of allylic oxidation sites excluding steroid dienone is 26. The molecule has 0 aromatic rings. The second-order valence-electron chi connectivity index (χ2n) is 21.6. The monoisotopic (exact) mass is 1130 g/mol. The summed E-state index contributed by atoms with van der Waals surface area (Å²) in [6.45, 7) is 6.35. The Hall–Kier alpha value is -4.97. The van der Waals surface area contributed by atoms with Crippen molar-refractivity contribution in [2.45, 2.75) is 290 Å². The molecule has 0 bridgehead atoms. The van der Waals surface area contributed by atoms with Gasteiger partial charge in [-0.2, -0.15) is 0 Å². The lowest BCUT2D eigenvalue weighted by Crippen LogP contribution is -2.30. The molecule has 0 N–H and O–H groups in total. The van der Waals surface area contributed by atoms with Crippen LogP contribution in [0.4, 0.5) is 0 Å². The third-order valence-corrected chi connectivity index (χ3v) is 13.8. The molecule has 0 radical (unpaired) electrons. The smallest absolute Gasteiger partial charge is 0.306 e. The van der Waals surface area contributed by atoms with Crippen molar-refractivity contribution in [1.82, 2.24) is 0 Å². The summed E-state index contributed by atoms with van der Waals surface area (Å²) in [4.78, 5) is 38.4. The molecule has 0 rings (SSSR count). The lowest BCUT2D eigenvalue weighted by Gasteiger charge is -2.18. The second kappa shape index (κ2) is 68.5. The third kappa shape index (κ3) is 65.8. The molecule has 6 nitrogen and oxygen atoms in total. The maximum atomic E-state index is 12.9. The van der Waals surface area contributed by atoms with E-state index in [9.17, 15) is 14.4 Å². The number of esters is 3. The largest absolute Gasteiger partial charge is 0.462 e. The Morgan fingerprint density at radius 3 is 0.793 bits per heavy atom. The van der Waals surface area contributed by atoms with E-state index in [0.717, 1.165) is 122 Å². The number of carbonyl (C=O) groups excluding carboxylic acids is 3. The molecule has 0 spiro atoms. The second-order valence-corrected chi connectivity index (χ2v) is 21.6. The molecule has 82 heavy (non-hydrogen) atoms. The summed E-state index contributed by atoms with van der Waals surface area (Å²) in [5.74, 6) is -1.02. The van der Waals surface area contributed by atoms with Crippen molar-refractivity contribution in [3.8, 4) is 0 Å². The molecular formula is C76H122O6. The fourth-order valence-electron chi connectivity index (χ4n) is 8.85. The number of rotatable bonds is 59. The highest BCUT2D eigenvalue weighted by molar-refractivity contribution is 5.71. The van der Waals surface area contributed by atoms with E-state index in [4.69, 9.17) is 14.2 Å². The van der Waals surface area contributed by atoms with Crippen LogP contribution in [0.25, 0.3) is 0 Å². The Labute approximate surface area is 505 Å². The lowest BCUT2D eigenvalue weighted by atomic mass is 10.0. The average molecular weight is 1130 g/mol. The molecule has 0 aliphatic carbocycles. The van der Waals surface area contributed by atoms with Gasteiger partial charge in [0.1, 0.15) is 13.2 Å². The zero-order valence-corrected chi connectivity index (χ0v) is 52.9. The number of unbranched alkanes of at least 4 members (excludes halogenated alkanes) is 22. The van der Waals surface area contributed by atoms with Crippen LogP contribution < -0.4 is 0 Å². The fraction of sp³-hybridized carbons (Fsp3) is 0.618. The van der Waals surface area contributed by atoms with E-state index in [1.807, 2.05) is 0 Å². The molecule has 0 saturated carbocycles. The fourth-order valence-corrected chi connectivity index (χ4v) is 8.85. The Morgan fingerprint density at radius 1 is 0.256 bits per heavy atom. The normalized spacial score (nSPS) is 13.2. The van der Waals surface area contributed by atoms with Gasteiger partial charge in [-0.3, -0.25) is 14.4 Å². The van der Waals surface area contributed by atoms with Crippen molar-refractivity contribution in [2.75, 3.05) is 13.2 Å². The van der Waals surface area contributed by atoms with Crippen LogP contribution in [0.3, 0.4) is 0 Å². The van der Waals surface area contributed by atoms with Crippen molar-refractivity contribution >= 4 is 17.9 Å². The highest BCUT2D eigenvalue weighted by atomic mass is 16.6. The molecule has 0 aliphatic heterocycles. The Kier molecular flexibility index (Phi) is 64.4. The van der Waals surface area contributed by atoms with Gasteiger partial charge in [0.25, 0.3) is 0 Å². The minimum Gasteiger partial charge on any atom is -0.462 e. The number of hydrogen-bond acceptors (Lipinski definition) is 6. The molecule has 0 amide bonds. The van der Waals surface area contributed by atoms with Crippen LogP contribution >= 0.6 is 0 Å². The topological polar surface area (TPSA) is 78.9 Å². The highest BCUT2D eigenvalue weighted by Gasteiger charge is 2.19. The minimum absolute atomic E-state index is 0.118. The molecule has 6 heteroatoms. The predicted molar refractivity (Wildman–Crippen MR) is 357 cm³/mol. The summed E-state index contributed by atoms with van der Waals surface area (Å²) in [5, 5.41) is 0. The van der Waals surface area contributed by atoms with Crippen LogP contribution in [0.15, 0.2) is 158 Å². The maximum Gasteiger partial charge on any atom is 0.306 e. The first kappa shape index (κ1) is 77.0. The van der Waals surface area contributed by atoms with Gasteiger partial charge in [-0.05, 0) is 122 Å². The molecule has 0 aromatic carbocycles. The van der Waals surface area contributed by atoms with Gasteiger partial charge >= 0.3 is 17.9 Å². The van der Waals surface area contributed by atoms with E-state index < -0.39 is 6.10 Å². The summed E-state index contributed by atoms with van der Waals surface area (Å²) in [7, 11) is 0. The van der Waals surface area contributed by atoms with Gasteiger partial charge in [-0.1, -0.05) is 301 Å². The summed E-state index contributed by atoms with van der Waals surface area (Å²) in [6.07, 6.45) is 99.7. The van der Waals surface area contributed by atoms with Gasteiger partial charge in [0.05, 0.1) is 0 Å². The zero-order chi connectivity index (χ0) is 59.2. The van der Waals surface area contributed by atoms with E-state index in [1.165, 1.54) is 109 Å². The first-order chi connectivity index (χ1) is 40.5. The Morgan fingerprint density at radius 2 is 0.488 bits per heavy atom. The maximum absolute atomic E-state index is 12.9. The van der Waals surface area contributed by atoms with E-state index in [-0.39, 0.29) is 44.0 Å².